The molecule has 0 saturated carbocycles. The molecule has 0 fully saturated rings. The molecule has 0 bridgehead atoms. The molecular formula is C11H12F2O3. The second kappa shape index (κ2) is 5.55. The largest absolute Gasteiger partial charge is 0.435 e. The lowest BCUT2D eigenvalue weighted by molar-refractivity contribution is 0.00592. The number of ether oxygens (including phenoxy) is 1. The van der Waals surface area contributed by atoms with E-state index in [1.807, 2.05) is 6.92 Å². The van der Waals surface area contributed by atoms with Crippen LogP contribution in [0.5, 0.6) is 0 Å². The number of aliphatic hydroxyl groups excluding tert-OH is 1. The van der Waals surface area contributed by atoms with Gasteiger partial charge in [-0.15, -0.1) is 0 Å². The summed E-state index contributed by atoms with van der Waals surface area (Å²) >= 11 is 0. The fourth-order valence-corrected chi connectivity index (χ4v) is 1.38. The van der Waals surface area contributed by atoms with Crippen LogP contribution in [0, 0.1) is 11.6 Å². The molecule has 0 aliphatic carbocycles. The van der Waals surface area contributed by atoms with Crippen molar-refractivity contribution < 1.29 is 23.4 Å². The Balaban J connectivity index is 3.15. The molecule has 0 amide bonds. The van der Waals surface area contributed by atoms with Gasteiger partial charge in [-0.25, -0.2) is 13.6 Å². The highest BCUT2D eigenvalue weighted by molar-refractivity contribution is 5.90. The Morgan fingerprint density at radius 2 is 2.12 bits per heavy atom. The van der Waals surface area contributed by atoms with E-state index in [9.17, 15) is 13.6 Å². The van der Waals surface area contributed by atoms with E-state index in [-0.39, 0.29) is 5.56 Å². The molecule has 0 radical (unpaired) electrons. The number of aliphatic hydroxyl groups is 1. The molecule has 1 aromatic rings. The number of halogens is 2. The van der Waals surface area contributed by atoms with Gasteiger partial charge >= 0.3 is 5.97 Å². The lowest BCUT2D eigenvalue weighted by atomic mass is 10.1. The Labute approximate surface area is 91.7 Å². The average Bonchev–Trinajstić information content (AvgIpc) is 2.23. The zero-order chi connectivity index (χ0) is 12.1. The molecule has 1 N–H and O–H groups in total. The first-order valence-electron chi connectivity index (χ1n) is 4.86. The maximum absolute atomic E-state index is 13.7. The molecule has 1 aromatic carbocycles. The summed E-state index contributed by atoms with van der Waals surface area (Å²) in [5.74, 6) is -3.11. The standard InChI is InChI=1S/C11H12F2O3/c1-2-3-7-4-5-8(12)9(10(7)13)11(15)16-6-14/h4-5,14H,2-3,6H2,1H3. The lowest BCUT2D eigenvalue weighted by Crippen LogP contribution is -2.12. The van der Waals surface area contributed by atoms with Crippen molar-refractivity contribution in [2.75, 3.05) is 6.79 Å². The van der Waals surface area contributed by atoms with Crippen LogP contribution < -0.4 is 0 Å². The zero-order valence-corrected chi connectivity index (χ0v) is 8.80. The predicted molar refractivity (Wildman–Crippen MR) is 52.9 cm³/mol. The smallest absolute Gasteiger partial charge is 0.346 e. The van der Waals surface area contributed by atoms with Gasteiger partial charge in [-0.05, 0) is 18.1 Å². The van der Waals surface area contributed by atoms with E-state index in [2.05, 4.69) is 4.74 Å². The number of aryl methyl sites for hydroxylation is 1. The van der Waals surface area contributed by atoms with Gasteiger partial charge in [0.1, 0.15) is 17.2 Å². The van der Waals surface area contributed by atoms with Gasteiger partial charge < -0.3 is 9.84 Å². The fraction of sp³-hybridized carbons (Fsp3) is 0.364. The first-order chi connectivity index (χ1) is 7.61. The zero-order valence-electron chi connectivity index (χ0n) is 8.80. The minimum atomic E-state index is -1.20. The van der Waals surface area contributed by atoms with Crippen molar-refractivity contribution in [3.05, 3.63) is 34.9 Å². The van der Waals surface area contributed by atoms with Crippen LogP contribution in [0.4, 0.5) is 8.78 Å². The quantitative estimate of drug-likeness (QED) is 0.635. The minimum Gasteiger partial charge on any atom is -0.435 e. The summed E-state index contributed by atoms with van der Waals surface area (Å²) in [7, 11) is 0. The van der Waals surface area contributed by atoms with Crippen molar-refractivity contribution in [3.63, 3.8) is 0 Å². The van der Waals surface area contributed by atoms with Gasteiger partial charge in [0.05, 0.1) is 0 Å². The van der Waals surface area contributed by atoms with Gasteiger partial charge in [0.25, 0.3) is 0 Å². The predicted octanol–water partition coefficient (Wildman–Crippen LogP) is 2.02. The number of rotatable bonds is 4. The molecule has 5 heteroatoms. The van der Waals surface area contributed by atoms with Crippen LogP contribution in [-0.2, 0) is 11.2 Å². The van der Waals surface area contributed by atoms with Gasteiger partial charge in [0.15, 0.2) is 6.79 Å². The summed E-state index contributed by atoms with van der Waals surface area (Å²) < 4.78 is 31.1. The van der Waals surface area contributed by atoms with E-state index >= 15 is 0 Å². The Morgan fingerprint density at radius 1 is 1.44 bits per heavy atom. The summed E-state index contributed by atoms with van der Waals surface area (Å²) in [6, 6.07) is 2.31. The van der Waals surface area contributed by atoms with Crippen LogP contribution in [0.3, 0.4) is 0 Å². The second-order valence-electron chi connectivity index (χ2n) is 3.21. The molecule has 0 atom stereocenters. The molecule has 88 valence electrons. The molecule has 0 aliphatic rings. The first kappa shape index (κ1) is 12.6. The Morgan fingerprint density at radius 3 is 2.69 bits per heavy atom. The number of carbonyl (C=O) groups excluding carboxylic acids is 1. The number of esters is 1. The van der Waals surface area contributed by atoms with E-state index in [0.717, 1.165) is 6.07 Å². The third kappa shape index (κ3) is 2.55. The summed E-state index contributed by atoms with van der Waals surface area (Å²) in [6.45, 7) is 0.935. The van der Waals surface area contributed by atoms with Crippen LogP contribution in [0.15, 0.2) is 12.1 Å². The summed E-state index contributed by atoms with van der Waals surface area (Å²) in [4.78, 5) is 11.2. The SMILES string of the molecule is CCCc1ccc(F)c(C(=O)OCO)c1F. The first-order valence-corrected chi connectivity index (χ1v) is 4.86. The molecule has 3 nitrogen and oxygen atoms in total. The van der Waals surface area contributed by atoms with E-state index in [4.69, 9.17) is 5.11 Å². The van der Waals surface area contributed by atoms with Crippen LogP contribution in [0.2, 0.25) is 0 Å². The van der Waals surface area contributed by atoms with Crippen molar-refractivity contribution in [2.45, 2.75) is 19.8 Å². The average molecular weight is 230 g/mol. The number of benzene rings is 1. The topological polar surface area (TPSA) is 46.5 Å². The van der Waals surface area contributed by atoms with E-state index in [1.165, 1.54) is 6.07 Å². The van der Waals surface area contributed by atoms with Gasteiger partial charge in [-0.1, -0.05) is 19.4 Å². The lowest BCUT2D eigenvalue weighted by Gasteiger charge is -2.07. The molecule has 0 saturated heterocycles. The molecule has 0 aliphatic heterocycles. The van der Waals surface area contributed by atoms with Gasteiger partial charge in [0.2, 0.25) is 0 Å². The highest BCUT2D eigenvalue weighted by atomic mass is 19.1. The van der Waals surface area contributed by atoms with Crippen LogP contribution in [0.1, 0.15) is 29.3 Å². The van der Waals surface area contributed by atoms with Crippen LogP contribution in [0.25, 0.3) is 0 Å². The van der Waals surface area contributed by atoms with Crippen molar-refractivity contribution in [1.82, 2.24) is 0 Å². The highest BCUT2D eigenvalue weighted by Gasteiger charge is 2.21. The molecule has 1 rings (SSSR count). The second-order valence-corrected chi connectivity index (χ2v) is 3.21. The summed E-state index contributed by atoms with van der Waals surface area (Å²) in [5, 5.41) is 8.36. The maximum atomic E-state index is 13.7. The molecule has 0 heterocycles. The van der Waals surface area contributed by atoms with E-state index < -0.39 is 30.0 Å². The third-order valence-electron chi connectivity index (χ3n) is 2.09. The van der Waals surface area contributed by atoms with Crippen molar-refractivity contribution in [1.29, 1.82) is 0 Å². The van der Waals surface area contributed by atoms with Crippen LogP contribution in [-0.4, -0.2) is 17.9 Å². The van der Waals surface area contributed by atoms with E-state index in [0.29, 0.717) is 12.8 Å². The molecule has 0 aromatic heterocycles. The third-order valence-corrected chi connectivity index (χ3v) is 2.09. The summed E-state index contributed by atoms with van der Waals surface area (Å²) in [6.07, 6.45) is 1.09. The van der Waals surface area contributed by atoms with Gasteiger partial charge in [-0.3, -0.25) is 0 Å². The van der Waals surface area contributed by atoms with Crippen molar-refractivity contribution in [3.8, 4) is 0 Å². The number of hydrogen-bond acceptors (Lipinski definition) is 3. The van der Waals surface area contributed by atoms with Crippen molar-refractivity contribution >= 4 is 5.97 Å². The minimum absolute atomic E-state index is 0.258. The van der Waals surface area contributed by atoms with Crippen molar-refractivity contribution in [2.24, 2.45) is 0 Å². The van der Waals surface area contributed by atoms with Gasteiger partial charge in [-0.2, -0.15) is 0 Å². The number of hydrogen-bond donors (Lipinski definition) is 1. The maximum Gasteiger partial charge on any atom is 0.346 e. The summed E-state index contributed by atoms with van der Waals surface area (Å²) in [5.41, 5.74) is -0.492. The molecule has 0 unspecified atom stereocenters. The highest BCUT2D eigenvalue weighted by Crippen LogP contribution is 2.19. The fourth-order valence-electron chi connectivity index (χ4n) is 1.38. The Hall–Kier alpha value is -1.49. The van der Waals surface area contributed by atoms with Gasteiger partial charge in [0, 0.05) is 0 Å². The molecular weight excluding hydrogens is 218 g/mol. The molecule has 0 spiro atoms. The normalized spacial score (nSPS) is 10.2. The number of carbonyl (C=O) groups is 1. The monoisotopic (exact) mass is 230 g/mol. The van der Waals surface area contributed by atoms with E-state index in [1.54, 1.807) is 0 Å². The molecule has 16 heavy (non-hydrogen) atoms. The Bertz CT molecular complexity index is 391. The Kier molecular flexibility index (Phi) is 4.37. The van der Waals surface area contributed by atoms with Crippen LogP contribution >= 0.6 is 0 Å².